The minimum atomic E-state index is -0.748. The Labute approximate surface area is 212 Å². The average Bonchev–Trinajstić information content (AvgIpc) is 2.89. The largest absolute Gasteiger partial charge is 0.396 e. The van der Waals surface area contributed by atoms with E-state index in [1.54, 1.807) is 0 Å². The van der Waals surface area contributed by atoms with Crippen LogP contribution in [0.25, 0.3) is 0 Å². The van der Waals surface area contributed by atoms with Crippen LogP contribution in [0.3, 0.4) is 0 Å². The number of hydrogen-bond acceptors (Lipinski definition) is 5. The van der Waals surface area contributed by atoms with Gasteiger partial charge in [0.2, 0.25) is 0 Å². The summed E-state index contributed by atoms with van der Waals surface area (Å²) < 4.78 is 0. The van der Waals surface area contributed by atoms with Crippen molar-refractivity contribution in [1.29, 1.82) is 0 Å². The molecule has 0 amide bonds. The van der Waals surface area contributed by atoms with Crippen LogP contribution in [0.1, 0.15) is 106 Å². The Bertz CT molecular complexity index is 845. The first-order chi connectivity index (χ1) is 16.1. The molecule has 0 heterocycles. The molecule has 12 atom stereocenters. The van der Waals surface area contributed by atoms with Crippen molar-refractivity contribution in [3.05, 3.63) is 0 Å². The molecule has 5 heteroatoms. The number of hydrogen-bond donors (Lipinski definition) is 5. The van der Waals surface area contributed by atoms with E-state index in [0.29, 0.717) is 12.3 Å². The van der Waals surface area contributed by atoms with Crippen LogP contribution in [0.2, 0.25) is 0 Å². The maximum Gasteiger partial charge on any atom is 0.0852 e. The zero-order valence-electron chi connectivity index (χ0n) is 23.1. The Kier molecular flexibility index (Phi) is 5.97. The number of rotatable bonds is 1. The van der Waals surface area contributed by atoms with Crippen molar-refractivity contribution < 1.29 is 25.5 Å². The molecule has 0 aromatic rings. The molecule has 0 aromatic carbocycles. The summed E-state index contributed by atoms with van der Waals surface area (Å²) in [5.74, 6) is 1.11. The highest BCUT2D eigenvalue weighted by Gasteiger charge is 2.68. The average molecular weight is 493 g/mol. The van der Waals surface area contributed by atoms with Crippen molar-refractivity contribution in [1.82, 2.24) is 0 Å². The van der Waals surface area contributed by atoms with Gasteiger partial charge in [0.25, 0.3) is 0 Å². The fourth-order valence-corrected chi connectivity index (χ4v) is 11.9. The summed E-state index contributed by atoms with van der Waals surface area (Å²) in [7, 11) is 0. The minimum Gasteiger partial charge on any atom is -0.396 e. The van der Waals surface area contributed by atoms with Gasteiger partial charge in [0.1, 0.15) is 0 Å². The second-order valence-electron chi connectivity index (χ2n) is 15.6. The molecule has 5 aliphatic rings. The van der Waals surface area contributed by atoms with Crippen molar-refractivity contribution in [2.75, 3.05) is 6.61 Å². The molecule has 5 nitrogen and oxygen atoms in total. The molecule has 5 fully saturated rings. The lowest BCUT2D eigenvalue weighted by molar-refractivity contribution is -0.236. The van der Waals surface area contributed by atoms with E-state index in [0.717, 1.165) is 57.8 Å². The van der Waals surface area contributed by atoms with E-state index in [-0.39, 0.29) is 46.0 Å². The van der Waals surface area contributed by atoms with Gasteiger partial charge in [-0.1, -0.05) is 41.5 Å². The molecule has 5 saturated carbocycles. The van der Waals surface area contributed by atoms with Crippen LogP contribution in [-0.2, 0) is 0 Å². The van der Waals surface area contributed by atoms with Gasteiger partial charge in [0, 0.05) is 5.41 Å². The lowest BCUT2D eigenvalue weighted by atomic mass is 9.41. The standard InChI is InChI=1S/C30H52O5/c1-25(2)19-10-14-30(35)16-26(3)12-9-21-27(4,13-11-23(33)29(21,6)17-31)20(26)7-8-22(30)28(19,5)15-18(32)24(25)34/h18-24,31-35H,7-17H2,1-6H3. The zero-order chi connectivity index (χ0) is 25.8. The van der Waals surface area contributed by atoms with E-state index in [1.165, 1.54) is 0 Å². The molecule has 0 saturated heterocycles. The van der Waals surface area contributed by atoms with Gasteiger partial charge in [-0.3, -0.25) is 0 Å². The van der Waals surface area contributed by atoms with E-state index in [2.05, 4.69) is 41.5 Å². The molecule has 0 radical (unpaired) electrons. The highest BCUT2D eigenvalue weighted by atomic mass is 16.3. The number of aliphatic hydroxyl groups is 5. The Morgan fingerprint density at radius 2 is 1.31 bits per heavy atom. The minimum absolute atomic E-state index is 0.0267. The van der Waals surface area contributed by atoms with E-state index in [9.17, 15) is 25.5 Å². The van der Waals surface area contributed by atoms with Crippen LogP contribution in [0.15, 0.2) is 0 Å². The Balaban J connectivity index is 1.53. The predicted molar refractivity (Wildman–Crippen MR) is 136 cm³/mol. The molecule has 0 aromatic heterocycles. The molecule has 0 spiro atoms. The maximum absolute atomic E-state index is 12.4. The summed E-state index contributed by atoms with van der Waals surface area (Å²) in [5.41, 5.74) is -1.73. The molecule has 0 aliphatic heterocycles. The second-order valence-corrected chi connectivity index (χ2v) is 15.6. The van der Waals surface area contributed by atoms with Gasteiger partial charge in [-0.25, -0.2) is 0 Å². The van der Waals surface area contributed by atoms with Gasteiger partial charge in [0.15, 0.2) is 0 Å². The fourth-order valence-electron chi connectivity index (χ4n) is 11.9. The van der Waals surface area contributed by atoms with E-state index < -0.39 is 29.3 Å². The highest BCUT2D eigenvalue weighted by molar-refractivity contribution is 5.17. The summed E-state index contributed by atoms with van der Waals surface area (Å²) in [6, 6.07) is 0. The van der Waals surface area contributed by atoms with Crippen LogP contribution in [-0.4, -0.2) is 56.1 Å². The first-order valence-electron chi connectivity index (χ1n) is 14.5. The normalized spacial score (nSPS) is 59.9. The van der Waals surface area contributed by atoms with Crippen LogP contribution in [0.5, 0.6) is 0 Å². The van der Waals surface area contributed by atoms with Crippen molar-refractivity contribution >= 4 is 0 Å². The van der Waals surface area contributed by atoms with Crippen molar-refractivity contribution in [2.45, 2.75) is 130 Å². The smallest absolute Gasteiger partial charge is 0.0852 e. The van der Waals surface area contributed by atoms with Crippen LogP contribution in [0, 0.1) is 50.7 Å². The van der Waals surface area contributed by atoms with Gasteiger partial charge in [-0.2, -0.15) is 0 Å². The van der Waals surface area contributed by atoms with E-state index >= 15 is 0 Å². The second kappa shape index (κ2) is 7.91. The molecule has 5 aliphatic carbocycles. The molecule has 5 N–H and O–H groups in total. The Morgan fingerprint density at radius 3 is 1.97 bits per heavy atom. The molecule has 35 heavy (non-hydrogen) atoms. The summed E-state index contributed by atoms with van der Waals surface area (Å²) >= 11 is 0. The molecule has 5 rings (SSSR count). The third-order valence-corrected chi connectivity index (χ3v) is 13.5. The third kappa shape index (κ3) is 3.36. The number of fused-ring (bicyclic) bond motifs is 6. The predicted octanol–water partition coefficient (Wildman–Crippen LogP) is 4.28. The van der Waals surface area contributed by atoms with Gasteiger partial charge in [-0.15, -0.1) is 0 Å². The summed E-state index contributed by atoms with van der Waals surface area (Å²) in [4.78, 5) is 0. The van der Waals surface area contributed by atoms with E-state index in [4.69, 9.17) is 0 Å². The topological polar surface area (TPSA) is 101 Å². The molecule has 12 unspecified atom stereocenters. The number of aliphatic hydroxyl groups excluding tert-OH is 4. The molecular weight excluding hydrogens is 440 g/mol. The van der Waals surface area contributed by atoms with Crippen molar-refractivity contribution in [3.63, 3.8) is 0 Å². The summed E-state index contributed by atoms with van der Waals surface area (Å²) in [5, 5.41) is 55.6. The third-order valence-electron chi connectivity index (χ3n) is 13.5. The molecular formula is C30H52O5. The first kappa shape index (κ1) is 26.4. The Morgan fingerprint density at radius 1 is 0.686 bits per heavy atom. The quantitative estimate of drug-likeness (QED) is 0.376. The lowest BCUT2D eigenvalue weighted by Crippen LogP contribution is -2.65. The zero-order valence-corrected chi connectivity index (χ0v) is 23.1. The van der Waals surface area contributed by atoms with Gasteiger partial charge in [-0.05, 0) is 110 Å². The van der Waals surface area contributed by atoms with Gasteiger partial charge in [0.05, 0.1) is 30.5 Å². The van der Waals surface area contributed by atoms with Crippen LogP contribution >= 0.6 is 0 Å². The van der Waals surface area contributed by atoms with Crippen LogP contribution < -0.4 is 0 Å². The Hall–Kier alpha value is -0.200. The highest BCUT2D eigenvalue weighted by Crippen LogP contribution is 2.71. The SMILES string of the molecule is CC12CCC3C(C)(CO)C(O)CCC3(C)C1CCC1C(O)(CCC3C(C)(C)C(O)C(O)CC13C)C2. The van der Waals surface area contributed by atoms with Crippen LogP contribution in [0.4, 0.5) is 0 Å². The first-order valence-corrected chi connectivity index (χ1v) is 14.5. The van der Waals surface area contributed by atoms with Crippen molar-refractivity contribution in [3.8, 4) is 0 Å². The fraction of sp³-hybridized carbons (Fsp3) is 1.00. The monoisotopic (exact) mass is 492 g/mol. The molecule has 202 valence electrons. The summed E-state index contributed by atoms with van der Waals surface area (Å²) in [6.07, 6.45) is 6.86. The summed E-state index contributed by atoms with van der Waals surface area (Å²) in [6.45, 7) is 13.5. The lowest BCUT2D eigenvalue weighted by Gasteiger charge is -2.65. The van der Waals surface area contributed by atoms with Gasteiger partial charge < -0.3 is 25.5 Å². The molecule has 0 bridgehead atoms. The van der Waals surface area contributed by atoms with Crippen molar-refractivity contribution in [2.24, 2.45) is 50.7 Å². The van der Waals surface area contributed by atoms with E-state index in [1.807, 2.05) is 0 Å². The van der Waals surface area contributed by atoms with Gasteiger partial charge >= 0.3 is 0 Å². The maximum atomic E-state index is 12.4.